The van der Waals surface area contributed by atoms with E-state index >= 15 is 0 Å². The fourth-order valence-electron chi connectivity index (χ4n) is 2.54. The third kappa shape index (κ3) is 2.57. The maximum atomic E-state index is 13.2. The number of hydrogen-bond donors (Lipinski definition) is 0. The molecule has 7 heteroatoms. The first kappa shape index (κ1) is 13.9. The Balaban J connectivity index is 1.76. The summed E-state index contributed by atoms with van der Waals surface area (Å²) in [5.41, 5.74) is 0. The van der Waals surface area contributed by atoms with Gasteiger partial charge in [0.15, 0.2) is 11.6 Å². The van der Waals surface area contributed by atoms with Crippen molar-refractivity contribution in [1.82, 2.24) is 9.21 Å². The van der Waals surface area contributed by atoms with Gasteiger partial charge in [-0.25, -0.2) is 17.2 Å². The second-order valence-corrected chi connectivity index (χ2v) is 7.19. The summed E-state index contributed by atoms with van der Waals surface area (Å²) in [7, 11) is -3.73. The highest BCUT2D eigenvalue weighted by Crippen LogP contribution is 2.28. The van der Waals surface area contributed by atoms with Gasteiger partial charge in [-0.3, -0.25) is 4.90 Å². The Morgan fingerprint density at radius 1 is 1.00 bits per heavy atom. The molecule has 3 rings (SSSR count). The van der Waals surface area contributed by atoms with E-state index in [1.54, 1.807) is 0 Å². The summed E-state index contributed by atoms with van der Waals surface area (Å²) < 4.78 is 52.1. The van der Waals surface area contributed by atoms with Crippen LogP contribution in [0.25, 0.3) is 0 Å². The van der Waals surface area contributed by atoms with Crippen LogP contribution in [-0.4, -0.2) is 49.8 Å². The van der Waals surface area contributed by atoms with Crippen LogP contribution in [0, 0.1) is 11.6 Å². The second kappa shape index (κ2) is 5.05. The summed E-state index contributed by atoms with van der Waals surface area (Å²) in [6, 6.07) is 3.32. The topological polar surface area (TPSA) is 40.6 Å². The minimum absolute atomic E-state index is 0.184. The summed E-state index contributed by atoms with van der Waals surface area (Å²) in [6.07, 6.45) is 2.38. The number of nitrogens with zero attached hydrogens (tertiary/aromatic N) is 2. The maximum Gasteiger partial charge on any atom is 0.243 e. The zero-order chi connectivity index (χ0) is 14.3. The zero-order valence-corrected chi connectivity index (χ0v) is 11.7. The molecule has 0 atom stereocenters. The molecule has 2 fully saturated rings. The third-order valence-corrected chi connectivity index (χ3v) is 5.76. The van der Waals surface area contributed by atoms with Gasteiger partial charge in [-0.05, 0) is 31.0 Å². The molecular weight excluding hydrogens is 286 g/mol. The van der Waals surface area contributed by atoms with E-state index in [0.29, 0.717) is 32.2 Å². The van der Waals surface area contributed by atoms with Gasteiger partial charge in [0.1, 0.15) is 0 Å². The molecule has 110 valence electrons. The summed E-state index contributed by atoms with van der Waals surface area (Å²) in [6.45, 7) is 2.21. The van der Waals surface area contributed by atoms with E-state index in [9.17, 15) is 17.2 Å². The molecule has 0 bridgehead atoms. The smallest absolute Gasteiger partial charge is 0.243 e. The molecule has 2 aliphatic rings. The highest BCUT2D eigenvalue weighted by molar-refractivity contribution is 7.89. The first-order valence-electron chi connectivity index (χ1n) is 6.68. The Morgan fingerprint density at radius 3 is 2.20 bits per heavy atom. The molecule has 20 heavy (non-hydrogen) atoms. The van der Waals surface area contributed by atoms with Crippen molar-refractivity contribution in [2.24, 2.45) is 0 Å². The molecule has 0 aromatic heterocycles. The van der Waals surface area contributed by atoms with Crippen molar-refractivity contribution in [1.29, 1.82) is 0 Å². The lowest BCUT2D eigenvalue weighted by atomic mass is 10.3. The van der Waals surface area contributed by atoms with E-state index in [2.05, 4.69) is 4.90 Å². The van der Waals surface area contributed by atoms with Gasteiger partial charge >= 0.3 is 0 Å². The second-order valence-electron chi connectivity index (χ2n) is 5.25. The van der Waals surface area contributed by atoms with Gasteiger partial charge in [0.2, 0.25) is 10.0 Å². The van der Waals surface area contributed by atoms with Crippen LogP contribution in [-0.2, 0) is 10.0 Å². The molecule has 1 aromatic carbocycles. The molecule has 1 aromatic rings. The van der Waals surface area contributed by atoms with Gasteiger partial charge in [0, 0.05) is 32.2 Å². The fourth-order valence-corrected chi connectivity index (χ4v) is 3.97. The van der Waals surface area contributed by atoms with Crippen LogP contribution in [0.3, 0.4) is 0 Å². The number of rotatable bonds is 3. The Hall–Kier alpha value is -1.05. The number of benzene rings is 1. The molecule has 0 spiro atoms. The molecular formula is C13H16F2N2O2S. The van der Waals surface area contributed by atoms with E-state index in [4.69, 9.17) is 0 Å². The van der Waals surface area contributed by atoms with Crippen LogP contribution in [0.1, 0.15) is 12.8 Å². The van der Waals surface area contributed by atoms with Gasteiger partial charge in [0.25, 0.3) is 0 Å². The maximum absolute atomic E-state index is 13.2. The minimum Gasteiger partial charge on any atom is -0.298 e. The van der Waals surface area contributed by atoms with E-state index in [1.165, 1.54) is 17.1 Å². The van der Waals surface area contributed by atoms with Crippen LogP contribution < -0.4 is 0 Å². The minimum atomic E-state index is -3.73. The third-order valence-electron chi connectivity index (χ3n) is 3.87. The van der Waals surface area contributed by atoms with Crippen LogP contribution in [0.2, 0.25) is 0 Å². The first-order valence-corrected chi connectivity index (χ1v) is 8.12. The normalized spacial score (nSPS) is 22.1. The van der Waals surface area contributed by atoms with Crippen molar-refractivity contribution in [3.63, 3.8) is 0 Å². The number of sulfonamides is 1. The molecule has 1 aliphatic heterocycles. The molecule has 0 radical (unpaired) electrons. The average molecular weight is 302 g/mol. The standard InChI is InChI=1S/C13H16F2N2O2S/c14-12-4-3-11(9-13(12)15)20(18,19)17-7-5-16(6-8-17)10-1-2-10/h3-4,9-10H,1-2,5-8H2. The SMILES string of the molecule is O=S(=O)(c1ccc(F)c(F)c1)N1CCN(C2CC2)CC1. The van der Waals surface area contributed by atoms with Crippen molar-refractivity contribution in [3.8, 4) is 0 Å². The van der Waals surface area contributed by atoms with Crippen LogP contribution in [0.15, 0.2) is 23.1 Å². The van der Waals surface area contributed by atoms with Crippen molar-refractivity contribution in [2.75, 3.05) is 26.2 Å². The van der Waals surface area contributed by atoms with E-state index < -0.39 is 21.7 Å². The molecule has 1 saturated heterocycles. The highest BCUT2D eigenvalue weighted by atomic mass is 32.2. The molecule has 1 aliphatic carbocycles. The van der Waals surface area contributed by atoms with Gasteiger partial charge in [0.05, 0.1) is 4.90 Å². The van der Waals surface area contributed by atoms with E-state index in [-0.39, 0.29) is 4.90 Å². The largest absolute Gasteiger partial charge is 0.298 e. The molecule has 0 N–H and O–H groups in total. The van der Waals surface area contributed by atoms with Gasteiger partial charge in [-0.1, -0.05) is 0 Å². The van der Waals surface area contributed by atoms with E-state index in [0.717, 1.165) is 18.2 Å². The number of hydrogen-bond acceptors (Lipinski definition) is 3. The van der Waals surface area contributed by atoms with Gasteiger partial charge in [-0.15, -0.1) is 0 Å². The summed E-state index contributed by atoms with van der Waals surface area (Å²) in [5, 5.41) is 0. The molecule has 0 unspecified atom stereocenters. The predicted octanol–water partition coefficient (Wildman–Crippen LogP) is 1.43. The lowest BCUT2D eigenvalue weighted by molar-refractivity contribution is 0.180. The monoisotopic (exact) mass is 302 g/mol. The fraction of sp³-hybridized carbons (Fsp3) is 0.538. The van der Waals surface area contributed by atoms with Crippen molar-refractivity contribution >= 4 is 10.0 Å². The van der Waals surface area contributed by atoms with Gasteiger partial charge in [-0.2, -0.15) is 4.31 Å². The Bertz CT molecular complexity index is 609. The number of piperazine rings is 1. The molecule has 0 amide bonds. The van der Waals surface area contributed by atoms with Crippen LogP contribution in [0.4, 0.5) is 8.78 Å². The number of halogens is 2. The molecule has 4 nitrogen and oxygen atoms in total. The highest BCUT2D eigenvalue weighted by Gasteiger charge is 2.35. The Labute approximate surface area is 117 Å². The zero-order valence-electron chi connectivity index (χ0n) is 10.9. The lowest BCUT2D eigenvalue weighted by Crippen LogP contribution is -2.49. The van der Waals surface area contributed by atoms with E-state index in [1.807, 2.05) is 0 Å². The quantitative estimate of drug-likeness (QED) is 0.848. The average Bonchev–Trinajstić information content (AvgIpc) is 3.26. The summed E-state index contributed by atoms with van der Waals surface area (Å²) in [5.74, 6) is -2.18. The molecule has 1 saturated carbocycles. The summed E-state index contributed by atoms with van der Waals surface area (Å²) in [4.78, 5) is 2.10. The van der Waals surface area contributed by atoms with Crippen molar-refractivity contribution < 1.29 is 17.2 Å². The van der Waals surface area contributed by atoms with Crippen LogP contribution in [0.5, 0.6) is 0 Å². The van der Waals surface area contributed by atoms with Gasteiger partial charge < -0.3 is 0 Å². The van der Waals surface area contributed by atoms with Crippen LogP contribution >= 0.6 is 0 Å². The lowest BCUT2D eigenvalue weighted by Gasteiger charge is -2.34. The predicted molar refractivity (Wildman–Crippen MR) is 69.7 cm³/mol. The van der Waals surface area contributed by atoms with Crippen molar-refractivity contribution in [2.45, 2.75) is 23.8 Å². The van der Waals surface area contributed by atoms with Crippen molar-refractivity contribution in [3.05, 3.63) is 29.8 Å². The first-order chi connectivity index (χ1) is 9.48. The Morgan fingerprint density at radius 2 is 1.65 bits per heavy atom. The Kier molecular flexibility index (Phi) is 3.51. The molecule has 1 heterocycles. The summed E-state index contributed by atoms with van der Waals surface area (Å²) >= 11 is 0.